The zero-order chi connectivity index (χ0) is 23.1. The van der Waals surface area contributed by atoms with E-state index < -0.39 is 15.9 Å². The van der Waals surface area contributed by atoms with Crippen molar-refractivity contribution in [2.75, 3.05) is 5.32 Å². The van der Waals surface area contributed by atoms with Gasteiger partial charge in [-0.15, -0.1) is 0 Å². The van der Waals surface area contributed by atoms with Gasteiger partial charge in [0.1, 0.15) is 11.5 Å². The van der Waals surface area contributed by atoms with E-state index in [0.29, 0.717) is 22.8 Å². The predicted octanol–water partition coefficient (Wildman–Crippen LogP) is 3.67. The minimum atomic E-state index is -3.71. The van der Waals surface area contributed by atoms with Crippen molar-refractivity contribution in [2.24, 2.45) is 0 Å². The van der Waals surface area contributed by atoms with Crippen LogP contribution in [0.15, 0.2) is 76.2 Å². The van der Waals surface area contributed by atoms with Crippen LogP contribution in [-0.2, 0) is 16.6 Å². The number of carbonyl (C=O) groups excluding carboxylic acids is 1. The number of ether oxygens (including phenoxy) is 1. The third-order valence-electron chi connectivity index (χ3n) is 4.16. The molecule has 3 N–H and O–H groups in total. The number of benzene rings is 2. The van der Waals surface area contributed by atoms with Crippen molar-refractivity contribution < 1.29 is 22.4 Å². The molecule has 0 unspecified atom stereocenters. The second-order valence-corrected chi connectivity index (χ2v) is 9.17. The van der Waals surface area contributed by atoms with E-state index in [4.69, 9.17) is 21.4 Å². The first-order chi connectivity index (χ1) is 15.2. The molecule has 1 heterocycles. The van der Waals surface area contributed by atoms with E-state index >= 15 is 0 Å². The average Bonchev–Trinajstić information content (AvgIpc) is 3.26. The number of para-hydroxylation sites is 1. The lowest BCUT2D eigenvalue weighted by Crippen LogP contribution is -2.34. The van der Waals surface area contributed by atoms with Crippen LogP contribution in [0.4, 0.5) is 5.69 Å². The number of furan rings is 1. The zero-order valence-electron chi connectivity index (χ0n) is 17.5. The van der Waals surface area contributed by atoms with Gasteiger partial charge in [-0.1, -0.05) is 12.1 Å². The Bertz CT molecular complexity index is 1170. The van der Waals surface area contributed by atoms with Crippen molar-refractivity contribution in [3.8, 4) is 5.75 Å². The van der Waals surface area contributed by atoms with Gasteiger partial charge < -0.3 is 14.5 Å². The summed E-state index contributed by atoms with van der Waals surface area (Å²) in [6.45, 7) is 3.79. The molecule has 1 aromatic heterocycles. The lowest BCUT2D eigenvalue weighted by Gasteiger charge is -2.15. The van der Waals surface area contributed by atoms with E-state index in [-0.39, 0.29) is 22.7 Å². The number of hydrogen-bond donors (Lipinski definition) is 3. The summed E-state index contributed by atoms with van der Waals surface area (Å²) in [6, 6.07) is 16.2. The molecule has 0 saturated heterocycles. The van der Waals surface area contributed by atoms with Crippen LogP contribution in [0.3, 0.4) is 0 Å². The van der Waals surface area contributed by atoms with E-state index in [9.17, 15) is 13.2 Å². The van der Waals surface area contributed by atoms with Crippen molar-refractivity contribution in [3.05, 3.63) is 78.3 Å². The molecule has 32 heavy (non-hydrogen) atoms. The third kappa shape index (κ3) is 6.39. The summed E-state index contributed by atoms with van der Waals surface area (Å²) in [7, 11) is -3.71. The summed E-state index contributed by atoms with van der Waals surface area (Å²) in [6.07, 6.45) is 1.39. The number of sulfonamides is 1. The maximum atomic E-state index is 12.6. The predicted molar refractivity (Wildman–Crippen MR) is 125 cm³/mol. The highest BCUT2D eigenvalue weighted by Gasteiger charge is 2.16. The number of hydrogen-bond acceptors (Lipinski definition) is 6. The van der Waals surface area contributed by atoms with Crippen LogP contribution in [0.25, 0.3) is 0 Å². The van der Waals surface area contributed by atoms with Gasteiger partial charge in [-0.3, -0.25) is 10.1 Å². The Kier molecular flexibility index (Phi) is 7.62. The lowest BCUT2D eigenvalue weighted by molar-refractivity contribution is 0.0972. The highest BCUT2D eigenvalue weighted by Crippen LogP contribution is 2.19. The monoisotopic (exact) mass is 473 g/mol. The van der Waals surface area contributed by atoms with Crippen LogP contribution >= 0.6 is 12.2 Å². The van der Waals surface area contributed by atoms with E-state index in [1.807, 2.05) is 13.8 Å². The second kappa shape index (κ2) is 10.4. The van der Waals surface area contributed by atoms with E-state index in [1.165, 1.54) is 18.4 Å². The van der Waals surface area contributed by atoms with E-state index in [2.05, 4.69) is 15.4 Å². The quantitative estimate of drug-likeness (QED) is 0.428. The average molecular weight is 474 g/mol. The normalized spacial score (nSPS) is 11.2. The molecule has 168 valence electrons. The van der Waals surface area contributed by atoms with Gasteiger partial charge in [-0.05, 0) is 74.6 Å². The van der Waals surface area contributed by atoms with Gasteiger partial charge in [-0.2, -0.15) is 0 Å². The molecule has 2 aromatic carbocycles. The highest BCUT2D eigenvalue weighted by atomic mass is 32.2. The fraction of sp³-hybridized carbons (Fsp3) is 0.182. The summed E-state index contributed by atoms with van der Waals surface area (Å²) >= 11 is 5.21. The topological polar surface area (TPSA) is 110 Å². The van der Waals surface area contributed by atoms with Gasteiger partial charge in [-0.25, -0.2) is 13.1 Å². The van der Waals surface area contributed by atoms with Crippen LogP contribution in [0.2, 0.25) is 0 Å². The van der Waals surface area contributed by atoms with E-state index in [0.717, 1.165) is 0 Å². The van der Waals surface area contributed by atoms with E-state index in [1.54, 1.807) is 48.5 Å². The summed E-state index contributed by atoms with van der Waals surface area (Å²) in [5.74, 6) is 0.549. The molecular formula is C22H23N3O5S2. The van der Waals surface area contributed by atoms with Crippen molar-refractivity contribution in [1.29, 1.82) is 0 Å². The molecule has 0 atom stereocenters. The first kappa shape index (κ1) is 23.5. The number of rotatable bonds is 8. The standard InChI is InChI=1S/C22H23N3O5S2/c1-15(2)30-20-8-4-3-7-19(20)21(26)25-22(31)24-16-9-11-18(12-10-16)32(27,28)23-14-17-6-5-13-29-17/h3-13,15,23H,14H2,1-2H3,(H2,24,25,26,31). The SMILES string of the molecule is CC(C)Oc1ccccc1C(=O)NC(=S)Nc1ccc(S(=O)(=O)NCc2ccco2)cc1. The van der Waals surface area contributed by atoms with Crippen LogP contribution in [0, 0.1) is 0 Å². The molecule has 8 nitrogen and oxygen atoms in total. The van der Waals surface area contributed by atoms with Crippen molar-refractivity contribution in [1.82, 2.24) is 10.0 Å². The van der Waals surface area contributed by atoms with Crippen LogP contribution in [-0.4, -0.2) is 25.5 Å². The Morgan fingerprint density at radius 3 is 2.44 bits per heavy atom. The van der Waals surface area contributed by atoms with Crippen LogP contribution < -0.4 is 20.1 Å². The van der Waals surface area contributed by atoms with Gasteiger partial charge in [0.15, 0.2) is 5.11 Å². The first-order valence-corrected chi connectivity index (χ1v) is 11.6. The van der Waals surface area contributed by atoms with Crippen molar-refractivity contribution in [3.63, 3.8) is 0 Å². The Balaban J connectivity index is 1.59. The molecule has 3 rings (SSSR count). The van der Waals surface area contributed by atoms with Gasteiger partial charge in [0.25, 0.3) is 5.91 Å². The zero-order valence-corrected chi connectivity index (χ0v) is 19.1. The van der Waals surface area contributed by atoms with Crippen molar-refractivity contribution in [2.45, 2.75) is 31.4 Å². The fourth-order valence-corrected chi connectivity index (χ4v) is 3.93. The Morgan fingerprint density at radius 1 is 1.06 bits per heavy atom. The largest absolute Gasteiger partial charge is 0.490 e. The smallest absolute Gasteiger partial charge is 0.261 e. The molecule has 0 aliphatic carbocycles. The Hall–Kier alpha value is -3.21. The Labute approximate surface area is 192 Å². The van der Waals surface area contributed by atoms with Gasteiger partial charge >= 0.3 is 0 Å². The minimum Gasteiger partial charge on any atom is -0.490 e. The molecule has 0 aliphatic rings. The fourth-order valence-electron chi connectivity index (χ4n) is 2.72. The molecule has 1 amide bonds. The summed E-state index contributed by atoms with van der Waals surface area (Å²) in [4.78, 5) is 12.7. The van der Waals surface area contributed by atoms with Crippen LogP contribution in [0.1, 0.15) is 30.0 Å². The minimum absolute atomic E-state index is 0.0491. The van der Waals surface area contributed by atoms with Gasteiger partial charge in [0.2, 0.25) is 10.0 Å². The summed E-state index contributed by atoms with van der Waals surface area (Å²) in [5, 5.41) is 5.53. The maximum absolute atomic E-state index is 12.6. The second-order valence-electron chi connectivity index (χ2n) is 7.00. The molecular weight excluding hydrogens is 450 g/mol. The van der Waals surface area contributed by atoms with Crippen molar-refractivity contribution >= 4 is 38.9 Å². The highest BCUT2D eigenvalue weighted by molar-refractivity contribution is 7.89. The molecule has 0 aliphatic heterocycles. The number of nitrogens with one attached hydrogen (secondary N) is 3. The maximum Gasteiger partial charge on any atom is 0.261 e. The summed E-state index contributed by atoms with van der Waals surface area (Å²) < 4.78 is 38.1. The molecule has 0 saturated carbocycles. The van der Waals surface area contributed by atoms with Gasteiger partial charge in [0, 0.05) is 5.69 Å². The number of amides is 1. The molecule has 10 heteroatoms. The Morgan fingerprint density at radius 2 is 1.78 bits per heavy atom. The molecule has 0 bridgehead atoms. The first-order valence-electron chi connectivity index (χ1n) is 9.75. The van der Waals surface area contributed by atoms with Gasteiger partial charge in [0.05, 0.1) is 29.4 Å². The molecule has 0 spiro atoms. The lowest BCUT2D eigenvalue weighted by atomic mass is 10.2. The molecule has 0 radical (unpaired) electrons. The summed E-state index contributed by atoms with van der Waals surface area (Å²) in [5.41, 5.74) is 0.876. The third-order valence-corrected chi connectivity index (χ3v) is 5.78. The number of anilines is 1. The number of thiocarbonyl (C=S) groups is 1. The molecule has 0 fully saturated rings. The molecule has 3 aromatic rings. The number of carbonyl (C=O) groups is 1. The van der Waals surface area contributed by atoms with Crippen LogP contribution in [0.5, 0.6) is 5.75 Å².